The van der Waals surface area contributed by atoms with E-state index >= 15 is 0 Å². The second-order valence-electron chi connectivity index (χ2n) is 4.92. The van der Waals surface area contributed by atoms with Crippen molar-refractivity contribution in [1.82, 2.24) is 9.97 Å². The second kappa shape index (κ2) is 3.59. The molecule has 0 amide bonds. The van der Waals surface area contributed by atoms with E-state index in [1.165, 1.54) is 16.3 Å². The average molecular weight is 224 g/mol. The van der Waals surface area contributed by atoms with E-state index in [2.05, 4.69) is 54.1 Å². The lowest BCUT2D eigenvalue weighted by atomic mass is 9.99. The van der Waals surface area contributed by atoms with Crippen molar-refractivity contribution in [3.05, 3.63) is 41.7 Å². The van der Waals surface area contributed by atoms with Crippen LogP contribution >= 0.6 is 0 Å². The van der Waals surface area contributed by atoms with Gasteiger partial charge >= 0.3 is 0 Å². The number of aromatic nitrogens is 2. The van der Waals surface area contributed by atoms with Crippen LogP contribution in [-0.2, 0) is 0 Å². The Morgan fingerprint density at radius 1 is 1.12 bits per heavy atom. The van der Waals surface area contributed by atoms with Crippen LogP contribution in [0.2, 0.25) is 0 Å². The van der Waals surface area contributed by atoms with Crippen molar-refractivity contribution in [2.24, 2.45) is 0 Å². The largest absolute Gasteiger partial charge is 0.342 e. The van der Waals surface area contributed by atoms with Gasteiger partial charge in [0.15, 0.2) is 0 Å². The molecular formula is C15H16N2. The van der Waals surface area contributed by atoms with Gasteiger partial charge in [-0.15, -0.1) is 0 Å². The number of H-pyrrole nitrogens is 1. The third-order valence-corrected chi connectivity index (χ3v) is 3.28. The summed E-state index contributed by atoms with van der Waals surface area (Å²) in [6, 6.07) is 10.9. The molecule has 0 spiro atoms. The van der Waals surface area contributed by atoms with E-state index in [-0.39, 0.29) is 0 Å². The summed E-state index contributed by atoms with van der Waals surface area (Å²) in [6.45, 7) is 6.44. The molecule has 1 aromatic heterocycles. The molecule has 86 valence electrons. The fourth-order valence-electron chi connectivity index (χ4n) is 2.30. The number of aromatic amines is 1. The molecule has 0 atom stereocenters. The van der Waals surface area contributed by atoms with Crippen molar-refractivity contribution in [3.8, 4) is 0 Å². The summed E-state index contributed by atoms with van der Waals surface area (Å²) in [5, 5.41) is 2.51. The van der Waals surface area contributed by atoms with Gasteiger partial charge in [-0.05, 0) is 29.9 Å². The van der Waals surface area contributed by atoms with E-state index in [1.807, 2.05) is 6.92 Å². The first kappa shape index (κ1) is 10.3. The normalized spacial score (nSPS) is 11.8. The fraction of sp³-hybridized carbons (Fsp3) is 0.267. The van der Waals surface area contributed by atoms with E-state index in [4.69, 9.17) is 0 Å². The van der Waals surface area contributed by atoms with Crippen LogP contribution in [0.5, 0.6) is 0 Å². The Hall–Kier alpha value is -1.83. The lowest BCUT2D eigenvalue weighted by Crippen LogP contribution is -1.87. The first-order chi connectivity index (χ1) is 8.15. The maximum atomic E-state index is 4.56. The van der Waals surface area contributed by atoms with Gasteiger partial charge in [-0.2, -0.15) is 0 Å². The Balaban J connectivity index is 2.36. The number of imidazole rings is 1. The van der Waals surface area contributed by atoms with Crippen molar-refractivity contribution in [2.45, 2.75) is 26.7 Å². The van der Waals surface area contributed by atoms with E-state index < -0.39 is 0 Å². The predicted molar refractivity (Wildman–Crippen MR) is 72.4 cm³/mol. The lowest BCUT2D eigenvalue weighted by Gasteiger charge is -2.07. The SMILES string of the molecule is Cc1nc2c(ccc3cc(C(C)C)ccc32)[nH]1. The molecule has 0 aliphatic carbocycles. The molecule has 0 saturated heterocycles. The van der Waals surface area contributed by atoms with Gasteiger partial charge in [-0.25, -0.2) is 4.98 Å². The highest BCUT2D eigenvalue weighted by atomic mass is 14.9. The van der Waals surface area contributed by atoms with Crippen LogP contribution in [0.3, 0.4) is 0 Å². The van der Waals surface area contributed by atoms with Gasteiger partial charge in [0.25, 0.3) is 0 Å². The van der Waals surface area contributed by atoms with Gasteiger partial charge in [0, 0.05) is 5.39 Å². The third-order valence-electron chi connectivity index (χ3n) is 3.28. The number of nitrogens with zero attached hydrogens (tertiary/aromatic N) is 1. The molecule has 2 aromatic carbocycles. The number of rotatable bonds is 1. The number of fused-ring (bicyclic) bond motifs is 3. The summed E-state index contributed by atoms with van der Waals surface area (Å²) in [5.74, 6) is 1.54. The van der Waals surface area contributed by atoms with Gasteiger partial charge in [0.05, 0.1) is 11.0 Å². The summed E-state index contributed by atoms with van der Waals surface area (Å²) >= 11 is 0. The minimum atomic E-state index is 0.566. The average Bonchev–Trinajstić information content (AvgIpc) is 2.69. The minimum absolute atomic E-state index is 0.566. The zero-order valence-corrected chi connectivity index (χ0v) is 10.4. The van der Waals surface area contributed by atoms with Crippen molar-refractivity contribution in [3.63, 3.8) is 0 Å². The second-order valence-corrected chi connectivity index (χ2v) is 4.92. The van der Waals surface area contributed by atoms with E-state index in [9.17, 15) is 0 Å². The molecule has 17 heavy (non-hydrogen) atoms. The number of benzene rings is 2. The third kappa shape index (κ3) is 1.60. The van der Waals surface area contributed by atoms with Crippen LogP contribution in [0.15, 0.2) is 30.3 Å². The van der Waals surface area contributed by atoms with Crippen LogP contribution in [-0.4, -0.2) is 9.97 Å². The highest BCUT2D eigenvalue weighted by Crippen LogP contribution is 2.26. The minimum Gasteiger partial charge on any atom is -0.342 e. The van der Waals surface area contributed by atoms with Crippen molar-refractivity contribution >= 4 is 21.8 Å². The monoisotopic (exact) mass is 224 g/mol. The molecule has 0 saturated carbocycles. The predicted octanol–water partition coefficient (Wildman–Crippen LogP) is 4.15. The van der Waals surface area contributed by atoms with Crippen molar-refractivity contribution in [2.75, 3.05) is 0 Å². The van der Waals surface area contributed by atoms with Gasteiger partial charge in [-0.3, -0.25) is 0 Å². The fourth-order valence-corrected chi connectivity index (χ4v) is 2.30. The van der Waals surface area contributed by atoms with Crippen LogP contribution in [0.4, 0.5) is 0 Å². The lowest BCUT2D eigenvalue weighted by molar-refractivity contribution is 0.869. The van der Waals surface area contributed by atoms with E-state index in [0.29, 0.717) is 5.92 Å². The quantitative estimate of drug-likeness (QED) is 0.661. The summed E-state index contributed by atoms with van der Waals surface area (Å²) in [7, 11) is 0. The Morgan fingerprint density at radius 2 is 1.94 bits per heavy atom. The molecule has 1 heterocycles. The molecule has 2 heteroatoms. The van der Waals surface area contributed by atoms with Crippen LogP contribution in [0.25, 0.3) is 21.8 Å². The zero-order valence-electron chi connectivity index (χ0n) is 10.4. The van der Waals surface area contributed by atoms with E-state index in [0.717, 1.165) is 16.9 Å². The van der Waals surface area contributed by atoms with Crippen molar-refractivity contribution in [1.29, 1.82) is 0 Å². The Kier molecular flexibility index (Phi) is 2.18. The smallest absolute Gasteiger partial charge is 0.104 e. The first-order valence-corrected chi connectivity index (χ1v) is 6.04. The molecule has 0 fully saturated rings. The molecule has 2 nitrogen and oxygen atoms in total. The van der Waals surface area contributed by atoms with Gasteiger partial charge in [0.1, 0.15) is 5.82 Å². The number of nitrogens with one attached hydrogen (secondary N) is 1. The molecular weight excluding hydrogens is 208 g/mol. The molecule has 0 unspecified atom stereocenters. The highest BCUT2D eigenvalue weighted by Gasteiger charge is 2.06. The summed E-state index contributed by atoms with van der Waals surface area (Å²) < 4.78 is 0. The summed E-state index contributed by atoms with van der Waals surface area (Å²) in [5.41, 5.74) is 3.58. The molecule has 0 bridgehead atoms. The van der Waals surface area contributed by atoms with E-state index in [1.54, 1.807) is 0 Å². The number of hydrogen-bond acceptors (Lipinski definition) is 1. The molecule has 0 radical (unpaired) electrons. The summed E-state index contributed by atoms with van der Waals surface area (Å²) in [6.07, 6.45) is 0. The molecule has 0 aliphatic heterocycles. The zero-order chi connectivity index (χ0) is 12.0. The van der Waals surface area contributed by atoms with Crippen LogP contribution in [0.1, 0.15) is 31.2 Å². The number of aryl methyl sites for hydroxylation is 1. The molecule has 0 aliphatic rings. The summed E-state index contributed by atoms with van der Waals surface area (Å²) in [4.78, 5) is 7.84. The Morgan fingerprint density at radius 3 is 2.71 bits per heavy atom. The number of hydrogen-bond donors (Lipinski definition) is 1. The van der Waals surface area contributed by atoms with Crippen LogP contribution < -0.4 is 0 Å². The molecule has 3 aromatic rings. The van der Waals surface area contributed by atoms with Gasteiger partial charge < -0.3 is 4.98 Å². The maximum absolute atomic E-state index is 4.56. The standard InChI is InChI=1S/C15H16N2/c1-9(2)11-4-6-13-12(8-11)5-7-14-15(13)17-10(3)16-14/h4-9H,1-3H3,(H,16,17). The topological polar surface area (TPSA) is 28.7 Å². The first-order valence-electron chi connectivity index (χ1n) is 6.04. The maximum Gasteiger partial charge on any atom is 0.104 e. The van der Waals surface area contributed by atoms with Crippen molar-refractivity contribution < 1.29 is 0 Å². The van der Waals surface area contributed by atoms with Gasteiger partial charge in [0.2, 0.25) is 0 Å². The highest BCUT2D eigenvalue weighted by molar-refractivity contribution is 6.04. The molecule has 3 rings (SSSR count). The Bertz CT molecular complexity index is 693. The van der Waals surface area contributed by atoms with Gasteiger partial charge in [-0.1, -0.05) is 38.1 Å². The Labute approximate surface area is 101 Å². The molecule has 1 N–H and O–H groups in total. The van der Waals surface area contributed by atoms with Crippen LogP contribution in [0, 0.1) is 6.92 Å².